The van der Waals surface area contributed by atoms with Gasteiger partial charge in [0.25, 0.3) is 0 Å². The summed E-state index contributed by atoms with van der Waals surface area (Å²) in [6.07, 6.45) is 0.868. The van der Waals surface area contributed by atoms with Crippen molar-refractivity contribution in [3.05, 3.63) is 69.6 Å². The molecule has 0 aliphatic carbocycles. The Morgan fingerprint density at radius 2 is 1.64 bits per heavy atom. The highest BCUT2D eigenvalue weighted by atomic mass is 32.1. The molecule has 0 aliphatic heterocycles. The van der Waals surface area contributed by atoms with Crippen molar-refractivity contribution in [3.8, 4) is 16.9 Å². The molecular formula is C27H31NO4S. The zero-order valence-electron chi connectivity index (χ0n) is 19.9. The summed E-state index contributed by atoms with van der Waals surface area (Å²) in [4.78, 5) is 25.4. The second-order valence-electron chi connectivity index (χ2n) is 8.16. The van der Waals surface area contributed by atoms with Crippen molar-refractivity contribution in [2.45, 2.75) is 47.5 Å². The van der Waals surface area contributed by atoms with E-state index in [1.807, 2.05) is 57.3 Å². The van der Waals surface area contributed by atoms with Crippen LogP contribution in [0.15, 0.2) is 41.8 Å². The van der Waals surface area contributed by atoms with Gasteiger partial charge in [-0.15, -0.1) is 11.3 Å². The maximum atomic E-state index is 12.8. The summed E-state index contributed by atoms with van der Waals surface area (Å²) in [6.45, 7) is 10.6. The number of carbonyl (C=O) groups excluding carboxylic acids is 2. The lowest BCUT2D eigenvalue weighted by Gasteiger charge is -2.11. The number of esters is 1. The predicted molar refractivity (Wildman–Crippen MR) is 134 cm³/mol. The Labute approximate surface area is 199 Å². The number of amides is 1. The van der Waals surface area contributed by atoms with Gasteiger partial charge in [-0.25, -0.2) is 4.79 Å². The van der Waals surface area contributed by atoms with Gasteiger partial charge in [0.1, 0.15) is 16.3 Å². The molecule has 0 saturated heterocycles. The molecule has 33 heavy (non-hydrogen) atoms. The van der Waals surface area contributed by atoms with Crippen LogP contribution in [0.4, 0.5) is 5.00 Å². The molecule has 6 heteroatoms. The van der Waals surface area contributed by atoms with Crippen LogP contribution in [0, 0.1) is 27.7 Å². The second kappa shape index (κ2) is 11.1. The Morgan fingerprint density at radius 1 is 0.939 bits per heavy atom. The zero-order valence-corrected chi connectivity index (χ0v) is 20.7. The third kappa shape index (κ3) is 6.23. The number of anilines is 1. The Kier molecular flexibility index (Phi) is 8.28. The monoisotopic (exact) mass is 465 g/mol. The number of aryl methyl sites for hydroxylation is 4. The van der Waals surface area contributed by atoms with Crippen molar-refractivity contribution in [2.24, 2.45) is 0 Å². The first-order valence-corrected chi connectivity index (χ1v) is 12.0. The van der Waals surface area contributed by atoms with Crippen LogP contribution in [0.2, 0.25) is 0 Å². The minimum Gasteiger partial charge on any atom is -0.493 e. The smallest absolute Gasteiger partial charge is 0.341 e. The minimum atomic E-state index is -0.429. The number of nitrogens with one attached hydrogen (secondary N) is 1. The molecule has 0 radical (unpaired) electrons. The first-order chi connectivity index (χ1) is 15.8. The van der Waals surface area contributed by atoms with Crippen molar-refractivity contribution in [2.75, 3.05) is 18.5 Å². The second-order valence-corrected chi connectivity index (χ2v) is 9.04. The number of thiophene rings is 1. The van der Waals surface area contributed by atoms with Gasteiger partial charge in [0.05, 0.1) is 13.2 Å². The Morgan fingerprint density at radius 3 is 2.30 bits per heavy atom. The summed E-state index contributed by atoms with van der Waals surface area (Å²) in [5, 5.41) is 5.33. The molecule has 0 fully saturated rings. The lowest BCUT2D eigenvalue weighted by Crippen LogP contribution is -2.15. The predicted octanol–water partition coefficient (Wildman–Crippen LogP) is 6.62. The molecule has 0 bridgehead atoms. The average molecular weight is 466 g/mol. The maximum absolute atomic E-state index is 12.8. The van der Waals surface area contributed by atoms with Gasteiger partial charge in [0, 0.05) is 17.4 Å². The highest BCUT2D eigenvalue weighted by Crippen LogP contribution is 2.38. The molecule has 1 aromatic heterocycles. The summed E-state index contributed by atoms with van der Waals surface area (Å²) in [5.41, 5.74) is 6.64. The maximum Gasteiger partial charge on any atom is 0.341 e. The van der Waals surface area contributed by atoms with Crippen LogP contribution in [0.1, 0.15) is 52.4 Å². The topological polar surface area (TPSA) is 64.6 Å². The molecule has 0 spiro atoms. The third-order valence-electron chi connectivity index (χ3n) is 5.33. The van der Waals surface area contributed by atoms with Gasteiger partial charge >= 0.3 is 5.97 Å². The van der Waals surface area contributed by atoms with Crippen molar-refractivity contribution >= 4 is 28.2 Å². The van der Waals surface area contributed by atoms with Crippen LogP contribution in [-0.4, -0.2) is 25.1 Å². The third-order valence-corrected chi connectivity index (χ3v) is 6.23. The van der Waals surface area contributed by atoms with Gasteiger partial charge in [0.2, 0.25) is 5.91 Å². The van der Waals surface area contributed by atoms with E-state index < -0.39 is 5.97 Å². The number of hydrogen-bond acceptors (Lipinski definition) is 5. The molecule has 1 heterocycles. The number of hydrogen-bond donors (Lipinski definition) is 1. The van der Waals surface area contributed by atoms with E-state index in [4.69, 9.17) is 9.47 Å². The fourth-order valence-electron chi connectivity index (χ4n) is 3.74. The summed E-state index contributed by atoms with van der Waals surface area (Å²) in [7, 11) is 0. The standard InChI is InChI=1S/C27H31NO4S/c1-6-31-27(30)25-22(21-11-9-17(2)14-19(21)4)16-33-26(25)28-24(29)8-7-13-32-23-12-10-18(3)15-20(23)5/h9-12,14-16H,6-8,13H2,1-5H3,(H,28,29). The fourth-order valence-corrected chi connectivity index (χ4v) is 4.70. The molecule has 1 N–H and O–H groups in total. The lowest BCUT2D eigenvalue weighted by molar-refractivity contribution is -0.116. The molecule has 3 aromatic rings. The van der Waals surface area contributed by atoms with Crippen LogP contribution < -0.4 is 10.1 Å². The molecule has 0 aliphatic rings. The Balaban J connectivity index is 1.68. The molecule has 0 saturated carbocycles. The highest BCUT2D eigenvalue weighted by Gasteiger charge is 2.23. The molecule has 0 atom stereocenters. The Hall–Kier alpha value is -3.12. The molecule has 174 valence electrons. The van der Waals surface area contributed by atoms with E-state index in [0.29, 0.717) is 30.0 Å². The number of benzene rings is 2. The van der Waals surface area contributed by atoms with E-state index in [2.05, 4.69) is 17.4 Å². The van der Waals surface area contributed by atoms with E-state index in [1.165, 1.54) is 16.9 Å². The molecule has 3 rings (SSSR count). The first-order valence-electron chi connectivity index (χ1n) is 11.2. The zero-order chi connectivity index (χ0) is 24.0. The minimum absolute atomic E-state index is 0.154. The van der Waals surface area contributed by atoms with Crippen molar-refractivity contribution in [3.63, 3.8) is 0 Å². The van der Waals surface area contributed by atoms with Gasteiger partial charge in [-0.2, -0.15) is 0 Å². The summed E-state index contributed by atoms with van der Waals surface area (Å²) < 4.78 is 11.1. The molecule has 2 aromatic carbocycles. The molecule has 5 nitrogen and oxygen atoms in total. The van der Waals surface area contributed by atoms with E-state index >= 15 is 0 Å². The number of rotatable bonds is 9. The number of carbonyl (C=O) groups is 2. The SMILES string of the molecule is CCOC(=O)c1c(-c2ccc(C)cc2C)csc1NC(=O)CCCOc1ccc(C)cc1C. The van der Waals surface area contributed by atoms with Gasteiger partial charge in [-0.05, 0) is 63.8 Å². The van der Waals surface area contributed by atoms with Gasteiger partial charge in [-0.3, -0.25) is 4.79 Å². The van der Waals surface area contributed by atoms with E-state index in [-0.39, 0.29) is 12.5 Å². The average Bonchev–Trinajstić information content (AvgIpc) is 3.15. The number of ether oxygens (including phenoxy) is 2. The van der Waals surface area contributed by atoms with Crippen LogP contribution in [-0.2, 0) is 9.53 Å². The van der Waals surface area contributed by atoms with E-state index in [1.54, 1.807) is 6.92 Å². The van der Waals surface area contributed by atoms with Gasteiger partial charge < -0.3 is 14.8 Å². The molecule has 1 amide bonds. The van der Waals surface area contributed by atoms with E-state index in [0.717, 1.165) is 33.6 Å². The highest BCUT2D eigenvalue weighted by molar-refractivity contribution is 7.15. The quantitative estimate of drug-likeness (QED) is 0.285. The van der Waals surface area contributed by atoms with Crippen molar-refractivity contribution in [1.82, 2.24) is 0 Å². The summed E-state index contributed by atoms with van der Waals surface area (Å²) in [5.74, 6) is 0.253. The normalized spacial score (nSPS) is 10.7. The summed E-state index contributed by atoms with van der Waals surface area (Å²) in [6, 6.07) is 12.1. The van der Waals surface area contributed by atoms with Crippen molar-refractivity contribution < 1.29 is 19.1 Å². The van der Waals surface area contributed by atoms with Crippen LogP contribution >= 0.6 is 11.3 Å². The van der Waals surface area contributed by atoms with E-state index in [9.17, 15) is 9.59 Å². The van der Waals surface area contributed by atoms with Crippen molar-refractivity contribution in [1.29, 1.82) is 0 Å². The fraction of sp³-hybridized carbons (Fsp3) is 0.333. The molecular weight excluding hydrogens is 434 g/mol. The van der Waals surface area contributed by atoms with Crippen LogP contribution in [0.3, 0.4) is 0 Å². The van der Waals surface area contributed by atoms with Crippen LogP contribution in [0.25, 0.3) is 11.1 Å². The van der Waals surface area contributed by atoms with Gasteiger partial charge in [0.15, 0.2) is 0 Å². The summed E-state index contributed by atoms with van der Waals surface area (Å²) >= 11 is 1.34. The largest absolute Gasteiger partial charge is 0.493 e. The Bertz CT molecular complexity index is 1150. The lowest BCUT2D eigenvalue weighted by atomic mass is 9.97. The first kappa shape index (κ1) is 24.5. The van der Waals surface area contributed by atoms with Gasteiger partial charge in [-0.1, -0.05) is 41.5 Å². The van der Waals surface area contributed by atoms with Crippen LogP contribution in [0.5, 0.6) is 5.75 Å². The molecule has 0 unspecified atom stereocenters.